The Labute approximate surface area is 147 Å². The zero-order chi connectivity index (χ0) is 18.3. The number of halogens is 3. The largest absolute Gasteiger partial charge is 0.406 e. The van der Waals surface area contributed by atoms with E-state index < -0.39 is 24.8 Å². The van der Waals surface area contributed by atoms with Gasteiger partial charge < -0.3 is 10.2 Å². The second-order valence-electron chi connectivity index (χ2n) is 6.06. The molecule has 1 unspecified atom stereocenters. The normalized spacial score (nSPS) is 17.1. The van der Waals surface area contributed by atoms with Gasteiger partial charge in [0.1, 0.15) is 12.7 Å². The maximum absolute atomic E-state index is 13.2. The van der Waals surface area contributed by atoms with E-state index in [1.54, 1.807) is 42.6 Å². The average molecular weight is 357 g/mol. The van der Waals surface area contributed by atoms with E-state index in [1.165, 1.54) is 6.07 Å². The lowest BCUT2D eigenvalue weighted by molar-refractivity contribution is -0.144. The lowest BCUT2D eigenvalue weighted by atomic mass is 10.0. The zero-order valence-electron chi connectivity index (χ0n) is 13.5. The Hall–Kier alpha value is -3.09. The lowest BCUT2D eigenvalue weighted by Crippen LogP contribution is -2.47. The van der Waals surface area contributed by atoms with Crippen LogP contribution in [0.15, 0.2) is 60.8 Å². The molecule has 4 nitrogen and oxygen atoms in total. The van der Waals surface area contributed by atoms with Gasteiger partial charge in [0.15, 0.2) is 0 Å². The number of hydrogen-bond acceptors (Lipinski definition) is 3. The lowest BCUT2D eigenvalue weighted by Gasteiger charge is -2.38. The average Bonchev–Trinajstić information content (AvgIpc) is 2.62. The summed E-state index contributed by atoms with van der Waals surface area (Å²) >= 11 is 0. The minimum Gasteiger partial charge on any atom is -0.361 e. The van der Waals surface area contributed by atoms with E-state index in [-0.39, 0.29) is 5.56 Å². The van der Waals surface area contributed by atoms with Crippen molar-refractivity contribution in [3.8, 4) is 0 Å². The highest BCUT2D eigenvalue weighted by Crippen LogP contribution is 2.37. The molecule has 1 aromatic heterocycles. The molecule has 1 atom stereocenters. The predicted molar refractivity (Wildman–Crippen MR) is 91.6 cm³/mol. The first-order valence-corrected chi connectivity index (χ1v) is 8.01. The second-order valence-corrected chi connectivity index (χ2v) is 6.06. The van der Waals surface area contributed by atoms with Gasteiger partial charge in [-0.3, -0.25) is 9.78 Å². The van der Waals surface area contributed by atoms with Crippen molar-refractivity contribution in [3.63, 3.8) is 0 Å². The molecular formula is C19H14F3N3O. The van der Waals surface area contributed by atoms with Crippen LogP contribution in [-0.2, 0) is 0 Å². The molecule has 26 heavy (non-hydrogen) atoms. The van der Waals surface area contributed by atoms with Crippen molar-refractivity contribution < 1.29 is 18.0 Å². The molecule has 0 aliphatic carbocycles. The summed E-state index contributed by atoms with van der Waals surface area (Å²) in [6.45, 7) is -1.35. The molecule has 0 spiro atoms. The number of aromatic nitrogens is 1. The SMILES string of the molecule is O=C1c2ccccc2NC(c2cccc3cccnc23)N1CC(F)(F)F. The van der Waals surface area contributed by atoms with E-state index in [9.17, 15) is 18.0 Å². The van der Waals surface area contributed by atoms with Gasteiger partial charge in [-0.1, -0.05) is 36.4 Å². The molecule has 4 rings (SSSR count). The number of para-hydroxylation sites is 2. The van der Waals surface area contributed by atoms with E-state index in [4.69, 9.17) is 0 Å². The van der Waals surface area contributed by atoms with Gasteiger partial charge in [0, 0.05) is 22.8 Å². The summed E-state index contributed by atoms with van der Waals surface area (Å²) in [5.41, 5.74) is 1.82. The molecule has 132 valence electrons. The smallest absolute Gasteiger partial charge is 0.361 e. The van der Waals surface area contributed by atoms with Crippen LogP contribution in [0.3, 0.4) is 0 Å². The topological polar surface area (TPSA) is 45.2 Å². The molecular weight excluding hydrogens is 343 g/mol. The molecule has 0 fully saturated rings. The number of nitrogens with zero attached hydrogens (tertiary/aromatic N) is 2. The van der Waals surface area contributed by atoms with Crippen LogP contribution in [-0.4, -0.2) is 28.5 Å². The molecule has 1 aliphatic rings. The Morgan fingerprint density at radius 3 is 2.62 bits per heavy atom. The van der Waals surface area contributed by atoms with Gasteiger partial charge in [-0.2, -0.15) is 13.2 Å². The Balaban J connectivity index is 1.88. The van der Waals surface area contributed by atoms with Gasteiger partial charge >= 0.3 is 6.18 Å². The summed E-state index contributed by atoms with van der Waals surface area (Å²) in [6, 6.07) is 15.4. The highest BCUT2D eigenvalue weighted by molar-refractivity contribution is 6.02. The Kier molecular flexibility index (Phi) is 3.79. The van der Waals surface area contributed by atoms with E-state index in [0.29, 0.717) is 16.8 Å². The van der Waals surface area contributed by atoms with E-state index in [0.717, 1.165) is 10.3 Å². The van der Waals surface area contributed by atoms with E-state index in [2.05, 4.69) is 10.3 Å². The Morgan fingerprint density at radius 2 is 1.81 bits per heavy atom. The van der Waals surface area contributed by atoms with Gasteiger partial charge in [0.2, 0.25) is 0 Å². The highest BCUT2D eigenvalue weighted by atomic mass is 19.4. The first kappa shape index (κ1) is 16.4. The Morgan fingerprint density at radius 1 is 1.04 bits per heavy atom. The van der Waals surface area contributed by atoms with Crippen molar-refractivity contribution in [2.45, 2.75) is 12.3 Å². The fraction of sp³-hybridized carbons (Fsp3) is 0.158. The quantitative estimate of drug-likeness (QED) is 0.741. The number of benzene rings is 2. The van der Waals surface area contributed by atoms with Crippen LogP contribution in [0.5, 0.6) is 0 Å². The van der Waals surface area contributed by atoms with Gasteiger partial charge in [-0.25, -0.2) is 0 Å². The van der Waals surface area contributed by atoms with Gasteiger partial charge in [-0.15, -0.1) is 0 Å². The molecule has 0 saturated carbocycles. The van der Waals surface area contributed by atoms with Crippen LogP contribution >= 0.6 is 0 Å². The van der Waals surface area contributed by atoms with Crippen molar-refractivity contribution >= 4 is 22.5 Å². The molecule has 0 saturated heterocycles. The zero-order valence-corrected chi connectivity index (χ0v) is 13.5. The van der Waals surface area contributed by atoms with Gasteiger partial charge in [0.05, 0.1) is 11.1 Å². The molecule has 7 heteroatoms. The summed E-state index contributed by atoms with van der Waals surface area (Å²) in [5.74, 6) is -0.658. The summed E-state index contributed by atoms with van der Waals surface area (Å²) < 4.78 is 39.5. The number of pyridine rings is 1. The van der Waals surface area contributed by atoms with Crippen molar-refractivity contribution in [2.24, 2.45) is 0 Å². The summed E-state index contributed by atoms with van der Waals surface area (Å²) in [7, 11) is 0. The third-order valence-electron chi connectivity index (χ3n) is 4.33. The van der Waals surface area contributed by atoms with Gasteiger partial charge in [0.25, 0.3) is 5.91 Å². The number of carbonyl (C=O) groups excluding carboxylic acids is 1. The molecule has 2 aromatic carbocycles. The number of fused-ring (bicyclic) bond motifs is 2. The maximum atomic E-state index is 13.2. The fourth-order valence-electron chi connectivity index (χ4n) is 3.24. The summed E-state index contributed by atoms with van der Waals surface area (Å²) in [5, 5.41) is 3.87. The summed E-state index contributed by atoms with van der Waals surface area (Å²) in [4.78, 5) is 17.9. The van der Waals surface area contributed by atoms with E-state index >= 15 is 0 Å². The predicted octanol–water partition coefficient (Wildman–Crippen LogP) is 4.36. The van der Waals surface area contributed by atoms with Gasteiger partial charge in [-0.05, 0) is 18.2 Å². The van der Waals surface area contributed by atoms with Crippen LogP contribution in [0.4, 0.5) is 18.9 Å². The number of rotatable bonds is 2. The first-order valence-electron chi connectivity index (χ1n) is 8.01. The number of hydrogen-bond donors (Lipinski definition) is 1. The van der Waals surface area contributed by atoms with Crippen LogP contribution < -0.4 is 5.32 Å². The van der Waals surface area contributed by atoms with Crippen molar-refractivity contribution in [3.05, 3.63) is 71.9 Å². The van der Waals surface area contributed by atoms with Crippen molar-refractivity contribution in [2.75, 3.05) is 11.9 Å². The van der Waals surface area contributed by atoms with Crippen LogP contribution in [0.25, 0.3) is 10.9 Å². The monoisotopic (exact) mass is 357 g/mol. The maximum Gasteiger partial charge on any atom is 0.406 e. The fourth-order valence-corrected chi connectivity index (χ4v) is 3.24. The third kappa shape index (κ3) is 2.85. The minimum atomic E-state index is -4.51. The molecule has 1 aliphatic heterocycles. The number of anilines is 1. The second kappa shape index (κ2) is 6.01. The molecule has 3 aromatic rings. The van der Waals surface area contributed by atoms with E-state index in [1.807, 2.05) is 12.1 Å². The minimum absolute atomic E-state index is 0.223. The molecule has 1 N–H and O–H groups in total. The summed E-state index contributed by atoms with van der Waals surface area (Å²) in [6.07, 6.45) is -3.89. The highest BCUT2D eigenvalue weighted by Gasteiger charge is 2.41. The molecule has 0 radical (unpaired) electrons. The molecule has 2 heterocycles. The van der Waals surface area contributed by atoms with Crippen LogP contribution in [0, 0.1) is 0 Å². The van der Waals surface area contributed by atoms with Crippen molar-refractivity contribution in [1.82, 2.24) is 9.88 Å². The third-order valence-corrected chi connectivity index (χ3v) is 4.33. The number of alkyl halides is 3. The Bertz CT molecular complexity index is 982. The van der Waals surface area contributed by atoms with Crippen molar-refractivity contribution in [1.29, 1.82) is 0 Å². The number of nitrogens with one attached hydrogen (secondary N) is 1. The molecule has 0 bridgehead atoms. The van der Waals surface area contributed by atoms with Crippen LogP contribution in [0.1, 0.15) is 22.1 Å². The van der Waals surface area contributed by atoms with Crippen LogP contribution in [0.2, 0.25) is 0 Å². The number of amides is 1. The number of carbonyl (C=O) groups is 1. The first-order chi connectivity index (χ1) is 12.4. The molecule has 1 amide bonds. The standard InChI is InChI=1S/C19H14F3N3O/c20-19(21,22)11-25-17(24-15-9-2-1-7-13(15)18(25)26)14-8-3-5-12-6-4-10-23-16(12)14/h1-10,17,24H,11H2.